The molecule has 29 heavy (non-hydrogen) atoms. The van der Waals surface area contributed by atoms with Gasteiger partial charge in [-0.3, -0.25) is 4.79 Å². The van der Waals surface area contributed by atoms with Crippen LogP contribution in [0.3, 0.4) is 0 Å². The van der Waals surface area contributed by atoms with Gasteiger partial charge in [0.05, 0.1) is 6.20 Å². The van der Waals surface area contributed by atoms with Gasteiger partial charge in [-0.25, -0.2) is 4.98 Å². The van der Waals surface area contributed by atoms with E-state index in [1.54, 1.807) is 6.20 Å². The molecule has 2 heterocycles. The van der Waals surface area contributed by atoms with Gasteiger partial charge in [0.1, 0.15) is 11.1 Å². The van der Waals surface area contributed by atoms with Crippen LogP contribution in [0.1, 0.15) is 18.1 Å². The highest BCUT2D eigenvalue weighted by molar-refractivity contribution is 6.32. The second-order valence-electron chi connectivity index (χ2n) is 6.88. The normalized spacial score (nSPS) is 13.6. The Morgan fingerprint density at radius 1 is 1.17 bits per heavy atom. The molecule has 1 amide bonds. The number of anilines is 5. The zero-order valence-electron chi connectivity index (χ0n) is 15.7. The third kappa shape index (κ3) is 4.47. The van der Waals surface area contributed by atoms with Crippen molar-refractivity contribution in [3.63, 3.8) is 0 Å². The van der Waals surface area contributed by atoms with Crippen molar-refractivity contribution in [3.8, 4) is 0 Å². The Morgan fingerprint density at radius 2 is 2.00 bits per heavy atom. The van der Waals surface area contributed by atoms with E-state index in [0.29, 0.717) is 28.9 Å². The van der Waals surface area contributed by atoms with Crippen molar-refractivity contribution in [2.45, 2.75) is 25.9 Å². The maximum absolute atomic E-state index is 12.0. The molecule has 2 aromatic carbocycles. The molecular weight excluding hydrogens is 390 g/mol. The van der Waals surface area contributed by atoms with E-state index < -0.39 is 12.0 Å². The number of aliphatic hydroxyl groups excluding tert-OH is 1. The molecule has 4 N–H and O–H groups in total. The number of carbonyl (C=O) groups excluding carboxylic acids is 1. The molecule has 8 heteroatoms. The summed E-state index contributed by atoms with van der Waals surface area (Å²) < 4.78 is 0. The number of benzene rings is 2. The number of hydrogen-bond acceptors (Lipinski definition) is 6. The second kappa shape index (κ2) is 8.06. The van der Waals surface area contributed by atoms with Crippen molar-refractivity contribution in [2.24, 2.45) is 0 Å². The average molecular weight is 410 g/mol. The Kier molecular flexibility index (Phi) is 5.33. The molecule has 0 fully saturated rings. The number of nitrogens with zero attached hydrogens (tertiary/aromatic N) is 2. The summed E-state index contributed by atoms with van der Waals surface area (Å²) in [5.41, 5.74) is 4.40. The maximum atomic E-state index is 12.0. The van der Waals surface area contributed by atoms with Crippen LogP contribution in [-0.4, -0.2) is 27.1 Å². The molecule has 1 atom stereocenters. The van der Waals surface area contributed by atoms with E-state index in [2.05, 4.69) is 32.0 Å². The summed E-state index contributed by atoms with van der Waals surface area (Å²) in [6.07, 6.45) is 1.93. The Bertz CT molecular complexity index is 1070. The highest BCUT2D eigenvalue weighted by Gasteiger charge is 2.14. The summed E-state index contributed by atoms with van der Waals surface area (Å²) in [6.45, 7) is 1.44. The van der Waals surface area contributed by atoms with E-state index in [-0.39, 0.29) is 0 Å². The average Bonchev–Trinajstić information content (AvgIpc) is 2.70. The Labute approximate surface area is 173 Å². The number of fused-ring (bicyclic) bond motifs is 6. The molecule has 6 bridgehead atoms. The lowest BCUT2D eigenvalue weighted by atomic mass is 10.0. The number of hydrogen-bond donors (Lipinski definition) is 4. The van der Waals surface area contributed by atoms with Gasteiger partial charge in [-0.15, -0.1) is 0 Å². The molecule has 1 aliphatic heterocycles. The highest BCUT2D eigenvalue weighted by atomic mass is 35.5. The first-order valence-electron chi connectivity index (χ1n) is 9.25. The molecule has 3 aromatic rings. The van der Waals surface area contributed by atoms with Gasteiger partial charge in [0.2, 0.25) is 5.95 Å². The van der Waals surface area contributed by atoms with E-state index in [1.807, 2.05) is 36.4 Å². The standard InChI is InChI=1S/C21H20ClN5O2/c1-12(28)20(29)26-18-8-7-16-10-14(18)6-5-13-3-2-4-15(9-13)25-21-23-11-17(22)19(24-16)27-21/h2-4,7-12,28H,5-6H2,1H3,(H,26,29)(H2,23,24,25,27). The van der Waals surface area contributed by atoms with Crippen molar-refractivity contribution >= 4 is 46.3 Å². The van der Waals surface area contributed by atoms with Gasteiger partial charge in [0, 0.05) is 17.1 Å². The molecule has 1 aliphatic rings. The van der Waals surface area contributed by atoms with Crippen LogP contribution in [0.2, 0.25) is 5.02 Å². The van der Waals surface area contributed by atoms with Crippen LogP contribution in [0.15, 0.2) is 48.7 Å². The van der Waals surface area contributed by atoms with Gasteiger partial charge in [-0.2, -0.15) is 4.98 Å². The molecule has 0 aliphatic carbocycles. The minimum Gasteiger partial charge on any atom is -0.384 e. The summed E-state index contributed by atoms with van der Waals surface area (Å²) in [7, 11) is 0. The molecule has 148 valence electrons. The molecule has 1 aromatic heterocycles. The summed E-state index contributed by atoms with van der Waals surface area (Å²) in [4.78, 5) is 20.7. The van der Waals surface area contributed by atoms with Gasteiger partial charge in [0.25, 0.3) is 5.91 Å². The summed E-state index contributed by atoms with van der Waals surface area (Å²) in [6, 6.07) is 13.6. The fourth-order valence-electron chi connectivity index (χ4n) is 3.10. The van der Waals surface area contributed by atoms with Gasteiger partial charge in [-0.05, 0) is 61.2 Å². The van der Waals surface area contributed by atoms with Crippen LogP contribution >= 0.6 is 11.6 Å². The maximum Gasteiger partial charge on any atom is 0.252 e. The van der Waals surface area contributed by atoms with E-state index >= 15 is 0 Å². The van der Waals surface area contributed by atoms with Crippen LogP contribution in [0.25, 0.3) is 0 Å². The number of aryl methyl sites for hydroxylation is 2. The molecule has 4 rings (SSSR count). The second-order valence-corrected chi connectivity index (χ2v) is 7.28. The fourth-order valence-corrected chi connectivity index (χ4v) is 3.24. The van der Waals surface area contributed by atoms with Crippen molar-refractivity contribution in [2.75, 3.05) is 16.0 Å². The summed E-state index contributed by atoms with van der Waals surface area (Å²) >= 11 is 6.27. The van der Waals surface area contributed by atoms with Crippen molar-refractivity contribution in [1.29, 1.82) is 0 Å². The molecule has 0 saturated carbocycles. The van der Waals surface area contributed by atoms with Gasteiger partial charge in [0.15, 0.2) is 5.82 Å². The molecule has 7 nitrogen and oxygen atoms in total. The zero-order chi connectivity index (χ0) is 20.4. The lowest BCUT2D eigenvalue weighted by Crippen LogP contribution is -2.25. The lowest BCUT2D eigenvalue weighted by Gasteiger charge is -2.15. The van der Waals surface area contributed by atoms with Crippen LogP contribution in [0.4, 0.5) is 28.8 Å². The molecular formula is C21H20ClN5O2. The fraction of sp³-hybridized carbons (Fsp3) is 0.190. The zero-order valence-corrected chi connectivity index (χ0v) is 16.5. The largest absolute Gasteiger partial charge is 0.384 e. The SMILES string of the molecule is CC(O)C(=O)Nc1ccc2cc1CCc1cccc(c1)Nc1ncc(Cl)c(n1)N2. The van der Waals surface area contributed by atoms with E-state index in [0.717, 1.165) is 28.9 Å². The molecule has 0 radical (unpaired) electrons. The Morgan fingerprint density at radius 3 is 2.83 bits per heavy atom. The minimum atomic E-state index is -1.09. The van der Waals surface area contributed by atoms with Crippen LogP contribution < -0.4 is 16.0 Å². The monoisotopic (exact) mass is 409 g/mol. The van der Waals surface area contributed by atoms with Gasteiger partial charge < -0.3 is 21.1 Å². The number of carbonyl (C=O) groups is 1. The predicted octanol–water partition coefficient (Wildman–Crippen LogP) is 4.04. The summed E-state index contributed by atoms with van der Waals surface area (Å²) in [5, 5.41) is 19.1. The smallest absolute Gasteiger partial charge is 0.252 e. The number of aliphatic hydroxyl groups is 1. The first kappa shape index (κ1) is 19.2. The number of rotatable bonds is 2. The third-order valence-electron chi connectivity index (χ3n) is 4.62. The molecule has 1 unspecified atom stereocenters. The first-order valence-corrected chi connectivity index (χ1v) is 9.63. The Balaban J connectivity index is 1.77. The van der Waals surface area contributed by atoms with Crippen molar-refractivity contribution in [3.05, 3.63) is 64.8 Å². The molecule has 0 saturated heterocycles. The van der Waals surface area contributed by atoms with Gasteiger partial charge >= 0.3 is 0 Å². The highest BCUT2D eigenvalue weighted by Crippen LogP contribution is 2.29. The van der Waals surface area contributed by atoms with Crippen molar-refractivity contribution < 1.29 is 9.90 Å². The number of aromatic nitrogens is 2. The topological polar surface area (TPSA) is 99.2 Å². The minimum absolute atomic E-state index is 0.396. The van der Waals surface area contributed by atoms with Crippen LogP contribution in [0.5, 0.6) is 0 Å². The van der Waals surface area contributed by atoms with E-state index in [9.17, 15) is 9.90 Å². The Hall–Kier alpha value is -3.16. The van der Waals surface area contributed by atoms with E-state index in [1.165, 1.54) is 6.92 Å². The predicted molar refractivity (Wildman–Crippen MR) is 114 cm³/mol. The van der Waals surface area contributed by atoms with Crippen molar-refractivity contribution in [1.82, 2.24) is 9.97 Å². The number of halogens is 1. The number of nitrogens with one attached hydrogen (secondary N) is 3. The van der Waals surface area contributed by atoms with E-state index in [4.69, 9.17) is 11.6 Å². The first-order chi connectivity index (χ1) is 14.0. The lowest BCUT2D eigenvalue weighted by molar-refractivity contribution is -0.123. The van der Waals surface area contributed by atoms with Gasteiger partial charge in [-0.1, -0.05) is 23.7 Å². The number of amides is 1. The third-order valence-corrected chi connectivity index (χ3v) is 4.89. The summed E-state index contributed by atoms with van der Waals surface area (Å²) in [5.74, 6) is 0.472. The molecule has 0 spiro atoms. The van der Waals surface area contributed by atoms with Crippen LogP contribution in [-0.2, 0) is 17.6 Å². The quantitative estimate of drug-likeness (QED) is 0.510. The van der Waals surface area contributed by atoms with Crippen LogP contribution in [0, 0.1) is 0 Å².